The molecule has 7 heteroatoms. The third-order valence-electron chi connectivity index (χ3n) is 8.26. The van der Waals surface area contributed by atoms with Crippen LogP contribution in [0.4, 0.5) is 10.5 Å². The van der Waals surface area contributed by atoms with Crippen molar-refractivity contribution in [3.63, 3.8) is 0 Å². The molecule has 0 spiro atoms. The van der Waals surface area contributed by atoms with E-state index in [9.17, 15) is 9.59 Å². The third kappa shape index (κ3) is 5.83. The number of carbonyl (C=O) groups excluding carboxylic acids is 1. The first-order valence-corrected chi connectivity index (χ1v) is 14.5. The Labute approximate surface area is 236 Å². The zero-order valence-corrected chi connectivity index (χ0v) is 24.0. The molecule has 1 fully saturated rings. The maximum absolute atomic E-state index is 14.3. The van der Waals surface area contributed by atoms with E-state index in [-0.39, 0.29) is 23.3 Å². The fourth-order valence-electron chi connectivity index (χ4n) is 6.16. The summed E-state index contributed by atoms with van der Waals surface area (Å²) in [7, 11) is 0. The normalized spacial score (nSPS) is 15.1. The maximum Gasteiger partial charge on any atom is 0.417 e. The Hall–Kier alpha value is -3.87. The van der Waals surface area contributed by atoms with Gasteiger partial charge in [-0.05, 0) is 65.6 Å². The Bertz CT molecular complexity index is 1490. The molecule has 2 amide bonds. The fraction of sp³-hybridized carbons (Fsp3) is 0.424. The number of benzene rings is 2. The lowest BCUT2D eigenvalue weighted by molar-refractivity contribution is 0.167. The number of nitrogens with one attached hydrogen (secondary N) is 2. The molecule has 0 radical (unpaired) electrons. The molecule has 7 nitrogen and oxygen atoms in total. The Morgan fingerprint density at radius 2 is 1.73 bits per heavy atom. The highest BCUT2D eigenvalue weighted by Crippen LogP contribution is 2.40. The Balaban J connectivity index is 1.54. The highest BCUT2D eigenvalue weighted by molar-refractivity contribution is 5.91. The van der Waals surface area contributed by atoms with Crippen molar-refractivity contribution in [1.29, 1.82) is 0 Å². The molecular formula is C33H40N4O3. The minimum absolute atomic E-state index is 0.128. The Morgan fingerprint density at radius 3 is 2.38 bits per heavy atom. The number of aromatic amines is 1. The van der Waals surface area contributed by atoms with Crippen LogP contribution in [0.25, 0.3) is 11.1 Å². The van der Waals surface area contributed by atoms with Crippen molar-refractivity contribution in [1.82, 2.24) is 14.9 Å². The summed E-state index contributed by atoms with van der Waals surface area (Å²) in [5, 5.41) is 3.35. The smallest absolute Gasteiger partial charge is 0.408 e. The number of amides is 2. The molecule has 0 atom stereocenters. The van der Waals surface area contributed by atoms with Gasteiger partial charge in [0.1, 0.15) is 0 Å². The number of hydrogen-bond acceptors (Lipinski definition) is 4. The molecule has 4 aromatic rings. The van der Waals surface area contributed by atoms with Crippen molar-refractivity contribution in [3.05, 3.63) is 93.7 Å². The monoisotopic (exact) mass is 540 g/mol. The second-order valence-electron chi connectivity index (χ2n) is 11.8. The highest BCUT2D eigenvalue weighted by atomic mass is 16.4. The van der Waals surface area contributed by atoms with E-state index in [1.807, 2.05) is 35.4 Å². The molecule has 1 saturated carbocycles. The fourth-order valence-corrected chi connectivity index (χ4v) is 6.16. The molecule has 2 N–H and O–H groups in total. The largest absolute Gasteiger partial charge is 0.417 e. The minimum Gasteiger partial charge on any atom is -0.408 e. The van der Waals surface area contributed by atoms with Crippen LogP contribution in [-0.2, 0) is 12.0 Å². The predicted octanol–water partition coefficient (Wildman–Crippen LogP) is 7.70. The molecule has 210 valence electrons. The molecule has 0 aliphatic heterocycles. The number of H-pyrrole nitrogens is 1. The minimum atomic E-state index is -0.482. The van der Waals surface area contributed by atoms with Gasteiger partial charge in [-0.3, -0.25) is 9.97 Å². The van der Waals surface area contributed by atoms with Crippen molar-refractivity contribution in [2.45, 2.75) is 83.6 Å². The molecule has 2 aromatic carbocycles. The van der Waals surface area contributed by atoms with Gasteiger partial charge in [0.25, 0.3) is 0 Å². The van der Waals surface area contributed by atoms with Crippen molar-refractivity contribution < 1.29 is 9.21 Å². The summed E-state index contributed by atoms with van der Waals surface area (Å²) in [6, 6.07) is 17.9. The number of anilines is 1. The number of rotatable bonds is 8. The predicted molar refractivity (Wildman–Crippen MR) is 160 cm³/mol. The summed E-state index contributed by atoms with van der Waals surface area (Å²) in [4.78, 5) is 35.5. The van der Waals surface area contributed by atoms with Crippen molar-refractivity contribution in [3.8, 4) is 0 Å². The van der Waals surface area contributed by atoms with Crippen LogP contribution in [0, 0.1) is 0 Å². The van der Waals surface area contributed by atoms with E-state index in [0.29, 0.717) is 24.2 Å². The summed E-state index contributed by atoms with van der Waals surface area (Å²) in [6.45, 7) is 9.58. The van der Waals surface area contributed by atoms with Crippen molar-refractivity contribution in [2.75, 3.05) is 11.9 Å². The number of fused-ring (bicyclic) bond motifs is 1. The van der Waals surface area contributed by atoms with E-state index in [1.165, 1.54) is 6.42 Å². The zero-order chi connectivity index (χ0) is 28.3. The zero-order valence-electron chi connectivity index (χ0n) is 24.0. The van der Waals surface area contributed by atoms with Crippen LogP contribution >= 0.6 is 0 Å². The molecular weight excluding hydrogens is 500 g/mol. The van der Waals surface area contributed by atoms with Gasteiger partial charge in [0.15, 0.2) is 5.58 Å². The molecule has 40 heavy (non-hydrogen) atoms. The first-order chi connectivity index (χ1) is 19.3. The van der Waals surface area contributed by atoms with Crippen LogP contribution in [0.15, 0.2) is 70.0 Å². The number of carbonyl (C=O) groups is 1. The van der Waals surface area contributed by atoms with Gasteiger partial charge < -0.3 is 14.6 Å². The van der Waals surface area contributed by atoms with Crippen molar-refractivity contribution >= 4 is 22.8 Å². The average molecular weight is 541 g/mol. The molecule has 5 rings (SSSR count). The van der Waals surface area contributed by atoms with E-state index < -0.39 is 5.76 Å². The van der Waals surface area contributed by atoms with E-state index in [4.69, 9.17) is 9.40 Å². The number of hydrogen-bond donors (Lipinski definition) is 2. The number of pyridine rings is 1. The van der Waals surface area contributed by atoms with Crippen LogP contribution in [0.2, 0.25) is 0 Å². The van der Waals surface area contributed by atoms with E-state index >= 15 is 0 Å². The van der Waals surface area contributed by atoms with Gasteiger partial charge in [-0.25, -0.2) is 9.59 Å². The standard InChI is InChI=1S/C33H40N4O3/c1-22(2)25-11-10-12-26(23(3)4)30(25)36-31(38)37(20-24-14-15-28-27(19-24)35-32(39)40-28)21-33(16-7-5-8-17-33)29-13-6-9-18-34-29/h6,9-15,18-19,22-23H,5,7-8,16-17,20-21H2,1-4H3,(H,35,39)(H,36,38). The van der Waals surface area contributed by atoms with Gasteiger partial charge in [0.2, 0.25) is 0 Å². The van der Waals surface area contributed by atoms with Crippen LogP contribution in [0.5, 0.6) is 0 Å². The van der Waals surface area contributed by atoms with Crippen LogP contribution < -0.4 is 11.1 Å². The maximum atomic E-state index is 14.3. The molecule has 2 heterocycles. The third-order valence-corrected chi connectivity index (χ3v) is 8.26. The second kappa shape index (κ2) is 11.7. The number of para-hydroxylation sites is 1. The summed E-state index contributed by atoms with van der Waals surface area (Å²) in [5.41, 5.74) is 6.07. The van der Waals surface area contributed by atoms with Gasteiger partial charge in [0.05, 0.1) is 5.52 Å². The number of urea groups is 1. The summed E-state index contributed by atoms with van der Waals surface area (Å²) < 4.78 is 5.21. The molecule has 0 saturated heterocycles. The van der Waals surface area contributed by atoms with E-state index in [0.717, 1.165) is 53.8 Å². The lowest BCUT2D eigenvalue weighted by atomic mass is 9.71. The molecule has 1 aliphatic rings. The Kier molecular flexibility index (Phi) is 8.10. The SMILES string of the molecule is CC(C)c1cccc(C(C)C)c1NC(=O)N(Cc1ccc2oc(=O)[nH]c2c1)CC1(c2ccccn2)CCCCC1. The van der Waals surface area contributed by atoms with Crippen molar-refractivity contribution in [2.24, 2.45) is 0 Å². The number of nitrogens with zero attached hydrogens (tertiary/aromatic N) is 2. The van der Waals surface area contributed by atoms with Gasteiger partial charge in [-0.2, -0.15) is 0 Å². The van der Waals surface area contributed by atoms with Crippen LogP contribution in [0.1, 0.15) is 94.0 Å². The molecule has 0 unspecified atom stereocenters. The number of oxazole rings is 1. The molecule has 2 aromatic heterocycles. The van der Waals surface area contributed by atoms with Gasteiger partial charge in [0, 0.05) is 36.1 Å². The second-order valence-corrected chi connectivity index (χ2v) is 11.8. The average Bonchev–Trinajstić information content (AvgIpc) is 3.32. The summed E-state index contributed by atoms with van der Waals surface area (Å²) >= 11 is 0. The van der Waals surface area contributed by atoms with E-state index in [1.54, 1.807) is 6.07 Å². The summed E-state index contributed by atoms with van der Waals surface area (Å²) in [6.07, 6.45) is 7.26. The van der Waals surface area contributed by atoms with Gasteiger partial charge >= 0.3 is 11.8 Å². The topological polar surface area (TPSA) is 91.2 Å². The molecule has 0 bridgehead atoms. The number of aromatic nitrogens is 2. The highest BCUT2D eigenvalue weighted by Gasteiger charge is 2.38. The van der Waals surface area contributed by atoms with Gasteiger partial charge in [-0.1, -0.05) is 77.3 Å². The summed E-state index contributed by atoms with van der Waals surface area (Å²) in [5.74, 6) is 0.0477. The van der Waals surface area contributed by atoms with Crippen LogP contribution in [-0.4, -0.2) is 27.4 Å². The quantitative estimate of drug-likeness (QED) is 0.240. The first kappa shape index (κ1) is 27.7. The van der Waals surface area contributed by atoms with Crippen LogP contribution in [0.3, 0.4) is 0 Å². The van der Waals surface area contributed by atoms with E-state index in [2.05, 4.69) is 62.3 Å². The molecule has 1 aliphatic carbocycles. The Morgan fingerprint density at radius 1 is 1.00 bits per heavy atom. The van der Waals surface area contributed by atoms with Gasteiger partial charge in [-0.15, -0.1) is 0 Å². The lowest BCUT2D eigenvalue weighted by Crippen LogP contribution is -2.46. The first-order valence-electron chi connectivity index (χ1n) is 14.5. The lowest BCUT2D eigenvalue weighted by Gasteiger charge is -2.41.